The summed E-state index contributed by atoms with van der Waals surface area (Å²) in [4.78, 5) is 33.9. The van der Waals surface area contributed by atoms with Crippen molar-refractivity contribution in [3.05, 3.63) is 41.4 Å². The standard InChI is InChI=1S/C21H25N3O3S/c25-19(13-18-15-28-20(22-18)16-5-2-1-3-6-16)24-8-4-7-17(14-24)21(26)23-9-11-27-12-10-23/h1-3,5-6,15,17H,4,7-14H2. The van der Waals surface area contributed by atoms with Crippen LogP contribution in [0.1, 0.15) is 18.5 Å². The van der Waals surface area contributed by atoms with Crippen molar-refractivity contribution in [1.82, 2.24) is 14.8 Å². The summed E-state index contributed by atoms with van der Waals surface area (Å²) < 4.78 is 5.33. The van der Waals surface area contributed by atoms with Crippen LogP contribution in [-0.2, 0) is 20.7 Å². The predicted molar refractivity (Wildman–Crippen MR) is 108 cm³/mol. The van der Waals surface area contributed by atoms with Crippen LogP contribution < -0.4 is 0 Å². The molecule has 2 saturated heterocycles. The fourth-order valence-corrected chi connectivity index (χ4v) is 4.64. The number of benzene rings is 1. The number of carbonyl (C=O) groups is 2. The molecule has 0 aliphatic carbocycles. The summed E-state index contributed by atoms with van der Waals surface area (Å²) in [6.07, 6.45) is 2.02. The van der Waals surface area contributed by atoms with Crippen LogP contribution in [0.5, 0.6) is 0 Å². The third-order valence-corrected chi connectivity index (χ3v) is 6.29. The Morgan fingerprint density at radius 2 is 1.89 bits per heavy atom. The van der Waals surface area contributed by atoms with E-state index in [-0.39, 0.29) is 17.7 Å². The second kappa shape index (κ2) is 8.84. The first kappa shape index (κ1) is 19.1. The minimum Gasteiger partial charge on any atom is -0.378 e. The van der Waals surface area contributed by atoms with Gasteiger partial charge in [-0.15, -0.1) is 11.3 Å². The summed E-state index contributed by atoms with van der Waals surface area (Å²) in [6.45, 7) is 3.77. The van der Waals surface area contributed by atoms with E-state index in [4.69, 9.17) is 4.74 Å². The van der Waals surface area contributed by atoms with Crippen molar-refractivity contribution in [2.24, 2.45) is 5.92 Å². The third-order valence-electron chi connectivity index (χ3n) is 5.35. The molecule has 2 aliphatic heterocycles. The van der Waals surface area contributed by atoms with E-state index in [1.54, 1.807) is 11.3 Å². The zero-order valence-electron chi connectivity index (χ0n) is 15.9. The predicted octanol–water partition coefficient (Wildman–Crippen LogP) is 2.45. The number of carbonyl (C=O) groups excluding carboxylic acids is 2. The number of hydrogen-bond donors (Lipinski definition) is 0. The molecule has 2 amide bonds. The molecule has 2 aromatic rings. The molecule has 1 aromatic heterocycles. The van der Waals surface area contributed by atoms with E-state index >= 15 is 0 Å². The van der Waals surface area contributed by atoms with E-state index < -0.39 is 0 Å². The van der Waals surface area contributed by atoms with E-state index in [9.17, 15) is 9.59 Å². The van der Waals surface area contributed by atoms with E-state index in [0.29, 0.717) is 39.3 Å². The van der Waals surface area contributed by atoms with Crippen molar-refractivity contribution in [3.8, 4) is 10.6 Å². The number of morpholine rings is 1. The SMILES string of the molecule is O=C(Cc1csc(-c2ccccc2)n1)N1CCCC(C(=O)N2CCOCC2)C1. The zero-order valence-corrected chi connectivity index (χ0v) is 16.7. The first-order valence-electron chi connectivity index (χ1n) is 9.85. The Morgan fingerprint density at radius 1 is 1.11 bits per heavy atom. The van der Waals surface area contributed by atoms with Gasteiger partial charge in [-0.05, 0) is 12.8 Å². The lowest BCUT2D eigenvalue weighted by atomic mass is 9.96. The molecule has 6 nitrogen and oxygen atoms in total. The topological polar surface area (TPSA) is 62.7 Å². The highest BCUT2D eigenvalue weighted by molar-refractivity contribution is 7.13. The van der Waals surface area contributed by atoms with Gasteiger partial charge in [-0.25, -0.2) is 4.98 Å². The lowest BCUT2D eigenvalue weighted by Crippen LogP contribution is -2.49. The quantitative estimate of drug-likeness (QED) is 0.792. The van der Waals surface area contributed by atoms with Crippen molar-refractivity contribution < 1.29 is 14.3 Å². The van der Waals surface area contributed by atoms with Gasteiger partial charge in [0.1, 0.15) is 5.01 Å². The van der Waals surface area contributed by atoms with Gasteiger partial charge < -0.3 is 14.5 Å². The highest BCUT2D eigenvalue weighted by atomic mass is 32.1. The molecule has 0 saturated carbocycles. The maximum Gasteiger partial charge on any atom is 0.228 e. The second-order valence-corrected chi connectivity index (χ2v) is 8.16. The lowest BCUT2D eigenvalue weighted by Gasteiger charge is -2.36. The van der Waals surface area contributed by atoms with Crippen LogP contribution in [0.3, 0.4) is 0 Å². The summed E-state index contributed by atoms with van der Waals surface area (Å²) >= 11 is 1.56. The van der Waals surface area contributed by atoms with Crippen LogP contribution >= 0.6 is 11.3 Å². The van der Waals surface area contributed by atoms with Gasteiger partial charge in [0, 0.05) is 37.1 Å². The van der Waals surface area contributed by atoms with E-state index in [2.05, 4.69) is 4.98 Å². The third kappa shape index (κ3) is 4.42. The van der Waals surface area contributed by atoms with Gasteiger partial charge in [0.2, 0.25) is 11.8 Å². The minimum atomic E-state index is -0.0916. The fraction of sp³-hybridized carbons (Fsp3) is 0.476. The normalized spacial score (nSPS) is 20.2. The number of nitrogens with zero attached hydrogens (tertiary/aromatic N) is 3. The Balaban J connectivity index is 1.35. The van der Waals surface area contributed by atoms with E-state index in [1.807, 2.05) is 45.5 Å². The zero-order chi connectivity index (χ0) is 19.3. The van der Waals surface area contributed by atoms with Gasteiger partial charge in [-0.3, -0.25) is 9.59 Å². The molecule has 28 heavy (non-hydrogen) atoms. The molecular formula is C21H25N3O3S. The molecule has 1 unspecified atom stereocenters. The molecule has 148 valence electrons. The molecule has 4 rings (SSSR count). The van der Waals surface area contributed by atoms with Crippen LogP contribution in [0.25, 0.3) is 10.6 Å². The first-order chi connectivity index (χ1) is 13.7. The molecule has 0 spiro atoms. The second-order valence-electron chi connectivity index (χ2n) is 7.30. The van der Waals surface area contributed by atoms with Crippen molar-refractivity contribution in [2.45, 2.75) is 19.3 Å². The van der Waals surface area contributed by atoms with Gasteiger partial charge in [0.15, 0.2) is 0 Å². The smallest absolute Gasteiger partial charge is 0.228 e. The molecule has 0 bridgehead atoms. The van der Waals surface area contributed by atoms with E-state index in [0.717, 1.165) is 35.7 Å². The Hall–Kier alpha value is -2.25. The monoisotopic (exact) mass is 399 g/mol. The molecule has 2 aliphatic rings. The number of likely N-dealkylation sites (tertiary alicyclic amines) is 1. The molecular weight excluding hydrogens is 374 g/mol. The molecule has 1 aromatic carbocycles. The van der Waals surface area contributed by atoms with Crippen LogP contribution in [-0.4, -0.2) is 66.0 Å². The average molecular weight is 400 g/mol. The number of aromatic nitrogens is 1. The van der Waals surface area contributed by atoms with Crippen LogP contribution in [0.4, 0.5) is 0 Å². The molecule has 7 heteroatoms. The molecule has 1 atom stereocenters. The number of piperidine rings is 1. The molecule has 0 N–H and O–H groups in total. The Kier molecular flexibility index (Phi) is 6.02. The number of amides is 2. The molecule has 0 radical (unpaired) electrons. The van der Waals surface area contributed by atoms with E-state index in [1.165, 1.54) is 0 Å². The Morgan fingerprint density at radius 3 is 2.68 bits per heavy atom. The van der Waals surface area contributed by atoms with Crippen molar-refractivity contribution in [2.75, 3.05) is 39.4 Å². The highest BCUT2D eigenvalue weighted by Gasteiger charge is 2.32. The first-order valence-corrected chi connectivity index (χ1v) is 10.7. The lowest BCUT2D eigenvalue weighted by molar-refractivity contribution is -0.143. The largest absolute Gasteiger partial charge is 0.378 e. The highest BCUT2D eigenvalue weighted by Crippen LogP contribution is 2.25. The number of ether oxygens (including phenoxy) is 1. The number of thiazole rings is 1. The minimum absolute atomic E-state index is 0.0596. The van der Waals surface area contributed by atoms with Gasteiger partial charge >= 0.3 is 0 Å². The van der Waals surface area contributed by atoms with Crippen molar-refractivity contribution in [3.63, 3.8) is 0 Å². The summed E-state index contributed by atoms with van der Waals surface area (Å²) in [5, 5.41) is 2.89. The summed E-state index contributed by atoms with van der Waals surface area (Å²) in [5.74, 6) is 0.135. The fourth-order valence-electron chi connectivity index (χ4n) is 3.82. The van der Waals surface area contributed by atoms with Gasteiger partial charge in [0.05, 0.1) is 31.2 Å². The van der Waals surface area contributed by atoms with Crippen LogP contribution in [0.2, 0.25) is 0 Å². The average Bonchev–Trinajstić information content (AvgIpc) is 3.23. The molecule has 3 heterocycles. The summed E-state index contributed by atoms with van der Waals surface area (Å²) in [5.41, 5.74) is 1.87. The van der Waals surface area contributed by atoms with Gasteiger partial charge in [-0.2, -0.15) is 0 Å². The summed E-state index contributed by atoms with van der Waals surface area (Å²) in [7, 11) is 0. The van der Waals surface area contributed by atoms with Gasteiger partial charge in [-0.1, -0.05) is 30.3 Å². The van der Waals surface area contributed by atoms with Crippen molar-refractivity contribution >= 4 is 23.2 Å². The maximum atomic E-state index is 12.8. The Labute approximate surface area is 169 Å². The molecule has 2 fully saturated rings. The van der Waals surface area contributed by atoms with Crippen LogP contribution in [0, 0.1) is 5.92 Å². The number of hydrogen-bond acceptors (Lipinski definition) is 5. The summed E-state index contributed by atoms with van der Waals surface area (Å²) in [6, 6.07) is 10.0. The van der Waals surface area contributed by atoms with Gasteiger partial charge in [0.25, 0.3) is 0 Å². The van der Waals surface area contributed by atoms with Crippen molar-refractivity contribution in [1.29, 1.82) is 0 Å². The maximum absolute atomic E-state index is 12.8. The Bertz CT molecular complexity index is 817. The number of rotatable bonds is 4. The van der Waals surface area contributed by atoms with Crippen LogP contribution in [0.15, 0.2) is 35.7 Å².